The summed E-state index contributed by atoms with van der Waals surface area (Å²) in [7, 11) is 3.02. The Bertz CT molecular complexity index is 596. The van der Waals surface area contributed by atoms with Gasteiger partial charge in [-0.3, -0.25) is 4.79 Å². The number of rotatable bonds is 5. The van der Waals surface area contributed by atoms with Gasteiger partial charge < -0.3 is 9.47 Å². The molecular weight excluding hydrogens is 352 g/mol. The first-order chi connectivity index (χ1) is 10.1. The average Bonchev–Trinajstić information content (AvgIpc) is 2.54. The Morgan fingerprint density at radius 2 is 1.67 bits per heavy atom. The highest BCUT2D eigenvalue weighted by Gasteiger charge is 2.22. The molecule has 0 aromatic heterocycles. The highest BCUT2D eigenvalue weighted by molar-refractivity contribution is 9.10. The summed E-state index contributed by atoms with van der Waals surface area (Å²) in [5.41, 5.74) is 0.885. The molecule has 110 valence electrons. The van der Waals surface area contributed by atoms with Gasteiger partial charge in [0.25, 0.3) is 0 Å². The van der Waals surface area contributed by atoms with Crippen LogP contribution in [0.4, 0.5) is 0 Å². The number of ether oxygens (including phenoxy) is 2. The van der Waals surface area contributed by atoms with E-state index in [1.165, 1.54) is 18.9 Å². The predicted molar refractivity (Wildman–Crippen MR) is 87.8 cm³/mol. The van der Waals surface area contributed by atoms with Crippen molar-refractivity contribution in [3.05, 3.63) is 58.6 Å². The van der Waals surface area contributed by atoms with E-state index in [4.69, 9.17) is 9.47 Å². The van der Waals surface area contributed by atoms with E-state index in [0.717, 1.165) is 20.7 Å². The van der Waals surface area contributed by atoms with Gasteiger partial charge in [-0.1, -0.05) is 28.1 Å². The van der Waals surface area contributed by atoms with Gasteiger partial charge in [0.1, 0.15) is 11.0 Å². The maximum atomic E-state index is 12.1. The zero-order valence-electron chi connectivity index (χ0n) is 11.7. The number of benzene rings is 2. The van der Waals surface area contributed by atoms with Crippen LogP contribution < -0.4 is 4.74 Å². The Morgan fingerprint density at radius 1 is 1.05 bits per heavy atom. The number of hydrogen-bond acceptors (Lipinski definition) is 4. The molecule has 0 aliphatic carbocycles. The van der Waals surface area contributed by atoms with E-state index in [9.17, 15) is 4.79 Å². The number of carbonyl (C=O) groups is 1. The van der Waals surface area contributed by atoms with Crippen LogP contribution in [0.3, 0.4) is 0 Å². The highest BCUT2D eigenvalue weighted by Crippen LogP contribution is 2.37. The maximum Gasteiger partial charge on any atom is 0.323 e. The van der Waals surface area contributed by atoms with Crippen molar-refractivity contribution in [1.29, 1.82) is 0 Å². The van der Waals surface area contributed by atoms with Crippen LogP contribution in [-0.2, 0) is 9.53 Å². The lowest BCUT2D eigenvalue weighted by atomic mass is 10.1. The van der Waals surface area contributed by atoms with Crippen molar-refractivity contribution < 1.29 is 14.3 Å². The number of hydrogen-bond donors (Lipinski definition) is 0. The first-order valence-corrected chi connectivity index (χ1v) is 7.95. The number of halogens is 1. The molecule has 21 heavy (non-hydrogen) atoms. The molecule has 0 heterocycles. The molecule has 0 saturated carbocycles. The molecule has 1 unspecified atom stereocenters. The molecule has 0 N–H and O–H groups in total. The van der Waals surface area contributed by atoms with Gasteiger partial charge in [0.05, 0.1) is 14.2 Å². The van der Waals surface area contributed by atoms with E-state index < -0.39 is 5.25 Å². The van der Waals surface area contributed by atoms with Gasteiger partial charge in [-0.25, -0.2) is 0 Å². The van der Waals surface area contributed by atoms with Gasteiger partial charge in [-0.2, -0.15) is 0 Å². The summed E-state index contributed by atoms with van der Waals surface area (Å²) >= 11 is 4.86. The van der Waals surface area contributed by atoms with Crippen LogP contribution in [0.1, 0.15) is 10.8 Å². The Morgan fingerprint density at radius 3 is 2.19 bits per heavy atom. The SMILES string of the molecule is COC(=O)C(Sc1ccc(Br)cc1)c1ccc(OC)cc1. The van der Waals surface area contributed by atoms with E-state index in [0.29, 0.717) is 0 Å². The highest BCUT2D eigenvalue weighted by atomic mass is 79.9. The summed E-state index contributed by atoms with van der Waals surface area (Å²) in [5.74, 6) is 0.490. The summed E-state index contributed by atoms with van der Waals surface area (Å²) < 4.78 is 11.1. The van der Waals surface area contributed by atoms with Crippen LogP contribution in [0.25, 0.3) is 0 Å². The van der Waals surface area contributed by atoms with Crippen molar-refractivity contribution in [2.24, 2.45) is 0 Å². The summed E-state index contributed by atoms with van der Waals surface area (Å²) in [5, 5.41) is -0.401. The quantitative estimate of drug-likeness (QED) is 0.577. The summed E-state index contributed by atoms with van der Waals surface area (Å²) in [4.78, 5) is 13.1. The molecule has 1 atom stereocenters. The van der Waals surface area contributed by atoms with Gasteiger partial charge >= 0.3 is 5.97 Å². The number of esters is 1. The topological polar surface area (TPSA) is 35.5 Å². The molecule has 2 aromatic carbocycles. The van der Waals surface area contributed by atoms with Gasteiger partial charge in [0.2, 0.25) is 0 Å². The first kappa shape index (κ1) is 15.9. The van der Waals surface area contributed by atoms with Crippen molar-refractivity contribution in [3.63, 3.8) is 0 Å². The van der Waals surface area contributed by atoms with Crippen molar-refractivity contribution in [3.8, 4) is 5.75 Å². The Balaban J connectivity index is 2.25. The lowest BCUT2D eigenvalue weighted by Gasteiger charge is -2.15. The molecule has 0 amide bonds. The maximum absolute atomic E-state index is 12.1. The largest absolute Gasteiger partial charge is 0.497 e. The molecule has 0 spiro atoms. The average molecular weight is 367 g/mol. The molecule has 0 aliphatic rings. The van der Waals surface area contributed by atoms with E-state index >= 15 is 0 Å². The molecule has 5 heteroatoms. The molecule has 0 radical (unpaired) electrons. The number of methoxy groups -OCH3 is 2. The van der Waals surface area contributed by atoms with E-state index in [1.807, 2.05) is 48.5 Å². The molecule has 2 aromatic rings. The normalized spacial score (nSPS) is 11.8. The predicted octanol–water partition coefficient (Wildman–Crippen LogP) is 4.46. The Hall–Kier alpha value is -1.46. The van der Waals surface area contributed by atoms with Crippen LogP contribution in [-0.4, -0.2) is 20.2 Å². The zero-order valence-corrected chi connectivity index (χ0v) is 14.1. The molecule has 3 nitrogen and oxygen atoms in total. The minimum Gasteiger partial charge on any atom is -0.497 e. The second-order valence-corrected chi connectivity index (χ2v) is 6.34. The fraction of sp³-hybridized carbons (Fsp3) is 0.188. The van der Waals surface area contributed by atoms with Crippen LogP contribution in [0.5, 0.6) is 5.75 Å². The van der Waals surface area contributed by atoms with Crippen LogP contribution in [0, 0.1) is 0 Å². The van der Waals surface area contributed by atoms with E-state index in [2.05, 4.69) is 15.9 Å². The minimum absolute atomic E-state index is 0.270. The summed E-state index contributed by atoms with van der Waals surface area (Å²) in [6, 6.07) is 15.3. The van der Waals surface area contributed by atoms with Crippen molar-refractivity contribution >= 4 is 33.7 Å². The third kappa shape index (κ3) is 4.25. The molecule has 2 rings (SSSR count). The number of carbonyl (C=O) groups excluding carboxylic acids is 1. The van der Waals surface area contributed by atoms with Gasteiger partial charge in [-0.15, -0.1) is 11.8 Å². The summed E-state index contributed by atoms with van der Waals surface area (Å²) in [6.07, 6.45) is 0. The second-order valence-electron chi connectivity index (χ2n) is 4.25. The monoisotopic (exact) mass is 366 g/mol. The van der Waals surface area contributed by atoms with E-state index in [1.54, 1.807) is 7.11 Å². The lowest BCUT2D eigenvalue weighted by molar-refractivity contribution is -0.140. The van der Waals surface area contributed by atoms with Gasteiger partial charge in [0.15, 0.2) is 0 Å². The minimum atomic E-state index is -0.401. The molecule has 0 aliphatic heterocycles. The van der Waals surface area contributed by atoms with Crippen LogP contribution in [0.2, 0.25) is 0 Å². The van der Waals surface area contributed by atoms with Crippen LogP contribution >= 0.6 is 27.7 Å². The number of thioether (sulfide) groups is 1. The van der Waals surface area contributed by atoms with Crippen molar-refractivity contribution in [2.45, 2.75) is 10.1 Å². The smallest absolute Gasteiger partial charge is 0.323 e. The van der Waals surface area contributed by atoms with Gasteiger partial charge in [0, 0.05) is 9.37 Å². The molecule has 0 saturated heterocycles. The Labute approximate surface area is 136 Å². The molecule has 0 fully saturated rings. The third-order valence-electron chi connectivity index (χ3n) is 2.90. The fourth-order valence-electron chi connectivity index (χ4n) is 1.79. The van der Waals surface area contributed by atoms with Crippen LogP contribution in [0.15, 0.2) is 57.9 Å². The zero-order chi connectivity index (χ0) is 15.2. The lowest BCUT2D eigenvalue weighted by Crippen LogP contribution is -2.11. The van der Waals surface area contributed by atoms with Crippen molar-refractivity contribution in [1.82, 2.24) is 0 Å². The van der Waals surface area contributed by atoms with Crippen molar-refractivity contribution in [2.75, 3.05) is 14.2 Å². The Kier molecular flexibility index (Phi) is 5.70. The molecule has 0 bridgehead atoms. The fourth-order valence-corrected chi connectivity index (χ4v) is 3.10. The molecular formula is C16H15BrO3S. The third-order valence-corrected chi connectivity index (χ3v) is 4.67. The van der Waals surface area contributed by atoms with E-state index in [-0.39, 0.29) is 5.97 Å². The summed E-state index contributed by atoms with van der Waals surface area (Å²) in [6.45, 7) is 0. The first-order valence-electron chi connectivity index (χ1n) is 6.28. The van der Waals surface area contributed by atoms with Gasteiger partial charge in [-0.05, 0) is 42.0 Å². The second kappa shape index (κ2) is 7.52. The standard InChI is InChI=1S/C16H15BrO3S/c1-19-13-7-3-11(4-8-13)15(16(18)20-2)21-14-9-5-12(17)6-10-14/h3-10,15H,1-2H3.